The van der Waals surface area contributed by atoms with Gasteiger partial charge in [-0.1, -0.05) is 18.2 Å². The van der Waals surface area contributed by atoms with Crippen LogP contribution in [0.1, 0.15) is 22.3 Å². The maximum Gasteiger partial charge on any atom is 0.414 e. The Bertz CT molecular complexity index is 852. The van der Waals surface area contributed by atoms with Gasteiger partial charge in [0.25, 0.3) is 5.91 Å². The fourth-order valence-electron chi connectivity index (χ4n) is 3.64. The molecule has 6 nitrogen and oxygen atoms in total. The fraction of sp³-hybridized carbons (Fsp3) is 0.333. The molecule has 0 spiro atoms. The lowest BCUT2D eigenvalue weighted by Gasteiger charge is -2.14. The van der Waals surface area contributed by atoms with Crippen LogP contribution in [0.15, 0.2) is 48.5 Å². The van der Waals surface area contributed by atoms with Crippen molar-refractivity contribution in [2.75, 3.05) is 36.5 Å². The number of nitrogens with zero attached hydrogens (tertiary/aromatic N) is 1. The summed E-state index contributed by atoms with van der Waals surface area (Å²) in [5.74, 6) is 0.489. The molecule has 148 valence electrons. The molecular weight excluding hydrogens is 378 g/mol. The first-order chi connectivity index (χ1) is 13.2. The highest BCUT2D eigenvalue weighted by Gasteiger charge is 2.23. The molecule has 2 aromatic rings. The van der Waals surface area contributed by atoms with E-state index in [0.717, 1.165) is 25.2 Å². The average molecular weight is 402 g/mol. The normalized spacial score (nSPS) is 18.5. The van der Waals surface area contributed by atoms with Crippen molar-refractivity contribution < 1.29 is 14.3 Å². The van der Waals surface area contributed by atoms with E-state index >= 15 is 0 Å². The molecule has 28 heavy (non-hydrogen) atoms. The Kier molecular flexibility index (Phi) is 6.54. The van der Waals surface area contributed by atoms with Crippen molar-refractivity contribution in [3.63, 3.8) is 0 Å². The van der Waals surface area contributed by atoms with Crippen molar-refractivity contribution in [1.29, 1.82) is 0 Å². The number of cyclic esters (lactones) is 1. The quantitative estimate of drug-likeness (QED) is 0.804. The summed E-state index contributed by atoms with van der Waals surface area (Å²) in [6.07, 6.45) is 1.82. The predicted octanol–water partition coefficient (Wildman–Crippen LogP) is 3.47. The van der Waals surface area contributed by atoms with Crippen molar-refractivity contribution in [3.05, 3.63) is 59.7 Å². The van der Waals surface area contributed by atoms with Crippen molar-refractivity contribution in [2.24, 2.45) is 5.92 Å². The van der Waals surface area contributed by atoms with Gasteiger partial charge in [0.05, 0.1) is 6.54 Å². The monoisotopic (exact) mass is 401 g/mol. The maximum atomic E-state index is 12.7. The van der Waals surface area contributed by atoms with Gasteiger partial charge < -0.3 is 15.4 Å². The summed E-state index contributed by atoms with van der Waals surface area (Å²) in [7, 11) is 0. The van der Waals surface area contributed by atoms with Crippen LogP contribution >= 0.6 is 12.4 Å². The van der Waals surface area contributed by atoms with Crippen LogP contribution in [-0.2, 0) is 11.2 Å². The fourth-order valence-corrected chi connectivity index (χ4v) is 3.64. The topological polar surface area (TPSA) is 70.7 Å². The van der Waals surface area contributed by atoms with Crippen LogP contribution in [0.5, 0.6) is 0 Å². The first-order valence-corrected chi connectivity index (χ1v) is 9.34. The maximum absolute atomic E-state index is 12.7. The molecule has 2 aromatic carbocycles. The van der Waals surface area contributed by atoms with Crippen molar-refractivity contribution in [3.8, 4) is 0 Å². The van der Waals surface area contributed by atoms with Gasteiger partial charge in [0.15, 0.2) is 0 Å². The second-order valence-electron chi connectivity index (χ2n) is 7.03. The highest BCUT2D eigenvalue weighted by atomic mass is 35.5. The Hall–Kier alpha value is -2.57. The molecule has 2 N–H and O–H groups in total. The molecule has 0 radical (unpaired) electrons. The molecule has 4 rings (SSSR count). The number of benzene rings is 2. The molecule has 2 aliphatic rings. The van der Waals surface area contributed by atoms with Gasteiger partial charge in [-0.25, -0.2) is 4.79 Å². The summed E-state index contributed by atoms with van der Waals surface area (Å²) >= 11 is 0. The van der Waals surface area contributed by atoms with Crippen molar-refractivity contribution in [1.82, 2.24) is 5.32 Å². The van der Waals surface area contributed by atoms with Gasteiger partial charge >= 0.3 is 6.09 Å². The number of halogens is 1. The molecule has 0 aromatic heterocycles. The van der Waals surface area contributed by atoms with E-state index in [-0.39, 0.29) is 24.4 Å². The SMILES string of the molecule is Cl.O=C(Nc1cccc(N2CCOC2=O)c1)c1cccc(CC2CCNC2)c1. The number of amides is 2. The highest BCUT2D eigenvalue weighted by Crippen LogP contribution is 2.23. The standard InChI is InChI=1S/C21H23N3O3.ClH/c25-20(17-4-1-3-15(12-17)11-16-7-8-22-14-16)23-18-5-2-6-19(13-18)24-9-10-27-21(24)26;/h1-6,12-13,16,22H,7-11,14H2,(H,23,25);1H. The summed E-state index contributed by atoms with van der Waals surface area (Å²) in [6.45, 7) is 3.03. The summed E-state index contributed by atoms with van der Waals surface area (Å²) in [5, 5.41) is 6.31. The lowest BCUT2D eigenvalue weighted by Crippen LogP contribution is -2.23. The third-order valence-electron chi connectivity index (χ3n) is 5.05. The third-order valence-corrected chi connectivity index (χ3v) is 5.05. The summed E-state index contributed by atoms with van der Waals surface area (Å²) in [6, 6.07) is 15.1. The molecule has 2 amide bonds. The Morgan fingerprint density at radius 2 is 2.07 bits per heavy atom. The van der Waals surface area contributed by atoms with Gasteiger partial charge in [0, 0.05) is 16.9 Å². The smallest absolute Gasteiger partial charge is 0.414 e. The van der Waals surface area contributed by atoms with Crippen molar-refractivity contribution in [2.45, 2.75) is 12.8 Å². The molecule has 2 heterocycles. The van der Waals surface area contributed by atoms with Crippen LogP contribution < -0.4 is 15.5 Å². The lowest BCUT2D eigenvalue weighted by atomic mass is 9.97. The molecule has 2 fully saturated rings. The van der Waals surface area contributed by atoms with Gasteiger partial charge in [0.1, 0.15) is 6.61 Å². The number of ether oxygens (including phenoxy) is 1. The Morgan fingerprint density at radius 1 is 1.21 bits per heavy atom. The van der Waals surface area contributed by atoms with E-state index in [9.17, 15) is 9.59 Å². The Morgan fingerprint density at radius 3 is 2.82 bits per heavy atom. The molecule has 2 aliphatic heterocycles. The molecule has 1 atom stereocenters. The minimum Gasteiger partial charge on any atom is -0.447 e. The largest absolute Gasteiger partial charge is 0.447 e. The minimum absolute atomic E-state index is 0. The number of nitrogens with one attached hydrogen (secondary N) is 2. The van der Waals surface area contributed by atoms with Gasteiger partial charge in [-0.05, 0) is 67.7 Å². The zero-order chi connectivity index (χ0) is 18.6. The third kappa shape index (κ3) is 4.64. The summed E-state index contributed by atoms with van der Waals surface area (Å²) < 4.78 is 4.97. The van der Waals surface area contributed by atoms with Gasteiger partial charge in [0.2, 0.25) is 0 Å². The molecule has 0 aliphatic carbocycles. The summed E-state index contributed by atoms with van der Waals surface area (Å²) in [4.78, 5) is 26.0. The van der Waals surface area contributed by atoms with E-state index in [1.807, 2.05) is 36.4 Å². The van der Waals surface area contributed by atoms with Crippen LogP contribution in [0.3, 0.4) is 0 Å². The van der Waals surface area contributed by atoms with Crippen LogP contribution in [0.2, 0.25) is 0 Å². The van der Waals surface area contributed by atoms with Gasteiger partial charge in [-0.2, -0.15) is 0 Å². The zero-order valence-electron chi connectivity index (χ0n) is 15.5. The number of anilines is 2. The first kappa shape index (κ1) is 20.2. The minimum atomic E-state index is -0.354. The van der Waals surface area contributed by atoms with E-state index in [1.54, 1.807) is 11.0 Å². The number of carbonyl (C=O) groups excluding carboxylic acids is 2. The number of hydrogen-bond donors (Lipinski definition) is 2. The van der Waals surface area contributed by atoms with E-state index in [2.05, 4.69) is 16.7 Å². The van der Waals surface area contributed by atoms with E-state index < -0.39 is 0 Å². The molecule has 2 saturated heterocycles. The Balaban J connectivity index is 0.00000225. The second-order valence-corrected chi connectivity index (χ2v) is 7.03. The number of hydrogen-bond acceptors (Lipinski definition) is 4. The van der Waals surface area contributed by atoms with Crippen LogP contribution in [0, 0.1) is 5.92 Å². The van der Waals surface area contributed by atoms with Gasteiger partial charge in [-0.3, -0.25) is 9.69 Å². The number of carbonyl (C=O) groups is 2. The van der Waals surface area contributed by atoms with E-state index in [1.165, 1.54) is 12.0 Å². The Labute approximate surface area is 170 Å². The first-order valence-electron chi connectivity index (χ1n) is 9.34. The van der Waals surface area contributed by atoms with Crippen LogP contribution in [-0.4, -0.2) is 38.2 Å². The van der Waals surface area contributed by atoms with E-state index in [0.29, 0.717) is 30.3 Å². The molecule has 0 bridgehead atoms. The van der Waals surface area contributed by atoms with Crippen LogP contribution in [0.4, 0.5) is 16.2 Å². The highest BCUT2D eigenvalue weighted by molar-refractivity contribution is 6.04. The van der Waals surface area contributed by atoms with E-state index in [4.69, 9.17) is 4.74 Å². The molecule has 0 saturated carbocycles. The zero-order valence-corrected chi connectivity index (χ0v) is 16.3. The van der Waals surface area contributed by atoms with Crippen molar-refractivity contribution >= 4 is 35.8 Å². The predicted molar refractivity (Wildman–Crippen MR) is 111 cm³/mol. The average Bonchev–Trinajstić information content (AvgIpc) is 3.34. The second kappa shape index (κ2) is 9.08. The van der Waals surface area contributed by atoms with Crippen LogP contribution in [0.25, 0.3) is 0 Å². The van der Waals surface area contributed by atoms with Gasteiger partial charge in [-0.15, -0.1) is 12.4 Å². The molecule has 7 heteroatoms. The summed E-state index contributed by atoms with van der Waals surface area (Å²) in [5.41, 5.74) is 3.20. The molecular formula is C21H24ClN3O3. The molecule has 1 unspecified atom stereocenters. The lowest BCUT2D eigenvalue weighted by molar-refractivity contribution is 0.102. The number of rotatable bonds is 5.